The Morgan fingerprint density at radius 1 is 1.40 bits per heavy atom. The number of thioether (sulfide) groups is 1. The van der Waals surface area contributed by atoms with Crippen molar-refractivity contribution in [2.45, 2.75) is 25.3 Å². The Kier molecular flexibility index (Phi) is 3.56. The van der Waals surface area contributed by atoms with Crippen molar-refractivity contribution in [3.63, 3.8) is 0 Å². The minimum Gasteiger partial charge on any atom is -0.361 e. The third-order valence-corrected chi connectivity index (χ3v) is 5.42. The highest BCUT2D eigenvalue weighted by molar-refractivity contribution is 8.13. The van der Waals surface area contributed by atoms with Crippen molar-refractivity contribution in [2.75, 3.05) is 23.8 Å². The molecule has 4 nitrogen and oxygen atoms in total. The van der Waals surface area contributed by atoms with E-state index in [1.807, 2.05) is 0 Å². The number of hydrogen-bond acceptors (Lipinski definition) is 5. The van der Waals surface area contributed by atoms with Crippen LogP contribution < -0.4 is 5.32 Å². The van der Waals surface area contributed by atoms with Crippen LogP contribution in [0.1, 0.15) is 19.3 Å². The van der Waals surface area contributed by atoms with E-state index in [0.29, 0.717) is 5.75 Å². The van der Waals surface area contributed by atoms with Crippen LogP contribution in [0.25, 0.3) is 0 Å². The first-order chi connectivity index (χ1) is 7.16. The molecule has 2 heterocycles. The molecule has 0 amide bonds. The number of amidine groups is 1. The number of rotatable bonds is 1. The molecule has 1 N–H and O–H groups in total. The van der Waals surface area contributed by atoms with E-state index in [1.54, 1.807) is 11.8 Å². The van der Waals surface area contributed by atoms with E-state index < -0.39 is 9.84 Å². The first kappa shape index (κ1) is 11.3. The third-order valence-electron chi connectivity index (χ3n) is 2.59. The maximum Gasteiger partial charge on any atom is 0.156 e. The van der Waals surface area contributed by atoms with Gasteiger partial charge in [-0.2, -0.15) is 0 Å². The SMILES string of the molecule is O=S1(=O)CCCC(NC2=NCCCS2)C1. The molecule has 0 radical (unpaired) electrons. The smallest absolute Gasteiger partial charge is 0.156 e. The predicted molar refractivity (Wildman–Crippen MR) is 64.2 cm³/mol. The van der Waals surface area contributed by atoms with Crippen molar-refractivity contribution in [2.24, 2.45) is 4.99 Å². The normalized spacial score (nSPS) is 30.7. The molecule has 0 bridgehead atoms. The molecule has 0 saturated carbocycles. The number of nitrogens with one attached hydrogen (secondary N) is 1. The maximum absolute atomic E-state index is 11.4. The molecule has 2 aliphatic rings. The van der Waals surface area contributed by atoms with Gasteiger partial charge in [-0.15, -0.1) is 0 Å². The van der Waals surface area contributed by atoms with Gasteiger partial charge in [-0.05, 0) is 19.3 Å². The van der Waals surface area contributed by atoms with E-state index in [9.17, 15) is 8.42 Å². The van der Waals surface area contributed by atoms with Gasteiger partial charge in [-0.3, -0.25) is 4.99 Å². The monoisotopic (exact) mass is 248 g/mol. The van der Waals surface area contributed by atoms with Crippen molar-refractivity contribution in [1.82, 2.24) is 5.32 Å². The van der Waals surface area contributed by atoms with Crippen LogP contribution >= 0.6 is 11.8 Å². The highest BCUT2D eigenvalue weighted by Crippen LogP contribution is 2.16. The first-order valence-corrected chi connectivity index (χ1v) is 8.11. The first-order valence-electron chi connectivity index (χ1n) is 5.30. The van der Waals surface area contributed by atoms with Crippen LogP contribution in [0.3, 0.4) is 0 Å². The molecule has 6 heteroatoms. The van der Waals surface area contributed by atoms with Gasteiger partial charge in [0.25, 0.3) is 0 Å². The molecular formula is C9H16N2O2S2. The molecule has 2 aliphatic heterocycles. The summed E-state index contributed by atoms with van der Waals surface area (Å²) in [5.74, 6) is 1.71. The number of sulfone groups is 1. The lowest BCUT2D eigenvalue weighted by Gasteiger charge is -2.25. The molecule has 86 valence electrons. The average molecular weight is 248 g/mol. The van der Waals surface area contributed by atoms with Crippen LogP contribution in [0.5, 0.6) is 0 Å². The van der Waals surface area contributed by atoms with Crippen LogP contribution in [0, 0.1) is 0 Å². The van der Waals surface area contributed by atoms with Crippen molar-refractivity contribution in [1.29, 1.82) is 0 Å². The third kappa shape index (κ3) is 3.38. The molecule has 0 aromatic carbocycles. The molecule has 1 saturated heterocycles. The van der Waals surface area contributed by atoms with Gasteiger partial charge in [-0.25, -0.2) is 8.42 Å². The van der Waals surface area contributed by atoms with Crippen LogP contribution in [0.4, 0.5) is 0 Å². The van der Waals surface area contributed by atoms with E-state index >= 15 is 0 Å². The van der Waals surface area contributed by atoms with Gasteiger partial charge < -0.3 is 5.32 Å². The number of aliphatic imine (C=N–C) groups is 1. The van der Waals surface area contributed by atoms with Gasteiger partial charge in [-0.1, -0.05) is 11.8 Å². The summed E-state index contributed by atoms with van der Waals surface area (Å²) in [4.78, 5) is 4.34. The van der Waals surface area contributed by atoms with Crippen LogP contribution in [-0.4, -0.2) is 43.4 Å². The highest BCUT2D eigenvalue weighted by atomic mass is 32.2. The Labute approximate surface area is 94.8 Å². The van der Waals surface area contributed by atoms with E-state index in [-0.39, 0.29) is 11.8 Å². The zero-order chi connectivity index (χ0) is 10.7. The maximum atomic E-state index is 11.4. The Morgan fingerprint density at radius 3 is 2.93 bits per heavy atom. The summed E-state index contributed by atoms with van der Waals surface area (Å²) < 4.78 is 22.8. The number of hydrogen-bond donors (Lipinski definition) is 1. The van der Waals surface area contributed by atoms with Gasteiger partial charge in [0.15, 0.2) is 15.0 Å². The molecule has 1 unspecified atom stereocenters. The standard InChI is InChI=1S/C9H16N2O2S2/c12-15(13)6-1-3-8(7-15)11-9-10-4-2-5-14-9/h8H,1-7H2,(H,10,11). The fraction of sp³-hybridized carbons (Fsp3) is 0.889. The average Bonchev–Trinajstić information content (AvgIpc) is 2.17. The van der Waals surface area contributed by atoms with Gasteiger partial charge in [0, 0.05) is 18.3 Å². The molecule has 2 rings (SSSR count). The molecule has 1 atom stereocenters. The minimum atomic E-state index is -2.81. The topological polar surface area (TPSA) is 58.5 Å². The Morgan fingerprint density at radius 2 is 2.27 bits per heavy atom. The predicted octanol–water partition coefficient (Wildman–Crippen LogP) is 0.646. The minimum absolute atomic E-state index is 0.0769. The van der Waals surface area contributed by atoms with Gasteiger partial charge >= 0.3 is 0 Å². The molecule has 0 aromatic rings. The van der Waals surface area contributed by atoms with E-state index in [1.165, 1.54) is 0 Å². The fourth-order valence-electron chi connectivity index (χ4n) is 1.86. The van der Waals surface area contributed by atoms with Crippen LogP contribution in [0.15, 0.2) is 4.99 Å². The summed E-state index contributed by atoms with van der Waals surface area (Å²) in [5, 5.41) is 4.18. The quantitative estimate of drug-likeness (QED) is 0.740. The van der Waals surface area contributed by atoms with E-state index in [2.05, 4.69) is 10.3 Å². The largest absolute Gasteiger partial charge is 0.361 e. The van der Waals surface area contributed by atoms with Crippen molar-refractivity contribution >= 4 is 26.8 Å². The van der Waals surface area contributed by atoms with Gasteiger partial charge in [0.1, 0.15) is 0 Å². The van der Waals surface area contributed by atoms with Gasteiger partial charge in [0.2, 0.25) is 0 Å². The number of nitrogens with zero attached hydrogens (tertiary/aromatic N) is 1. The summed E-state index contributed by atoms with van der Waals surface area (Å²) in [6.45, 7) is 0.870. The second kappa shape index (κ2) is 4.74. The van der Waals surface area contributed by atoms with Crippen LogP contribution in [0.2, 0.25) is 0 Å². The van der Waals surface area contributed by atoms with E-state index in [0.717, 1.165) is 36.7 Å². The molecular weight excluding hydrogens is 232 g/mol. The lowest BCUT2D eigenvalue weighted by atomic mass is 10.2. The summed E-state index contributed by atoms with van der Waals surface area (Å²) in [6.07, 6.45) is 2.84. The van der Waals surface area contributed by atoms with Crippen molar-refractivity contribution in [3.05, 3.63) is 0 Å². The zero-order valence-electron chi connectivity index (χ0n) is 8.61. The van der Waals surface area contributed by atoms with Crippen molar-refractivity contribution in [3.8, 4) is 0 Å². The van der Waals surface area contributed by atoms with Gasteiger partial charge in [0.05, 0.1) is 11.5 Å². The lowest BCUT2D eigenvalue weighted by molar-refractivity contribution is 0.532. The van der Waals surface area contributed by atoms with Crippen LogP contribution in [-0.2, 0) is 9.84 Å². The Hall–Kier alpha value is -0.230. The molecule has 1 fully saturated rings. The molecule has 0 aromatic heterocycles. The lowest BCUT2D eigenvalue weighted by Crippen LogP contribution is -2.42. The second-order valence-electron chi connectivity index (χ2n) is 3.99. The highest BCUT2D eigenvalue weighted by Gasteiger charge is 2.25. The fourth-order valence-corrected chi connectivity index (χ4v) is 4.39. The summed E-state index contributed by atoms with van der Waals surface area (Å²) in [6, 6.07) is 0.0769. The summed E-state index contributed by atoms with van der Waals surface area (Å²) in [5.41, 5.74) is 0. The van der Waals surface area contributed by atoms with Crippen molar-refractivity contribution < 1.29 is 8.42 Å². The summed E-state index contributed by atoms with van der Waals surface area (Å²) in [7, 11) is -2.81. The molecule has 0 spiro atoms. The Bertz CT molecular complexity index is 351. The molecule has 0 aliphatic carbocycles. The molecule has 15 heavy (non-hydrogen) atoms. The summed E-state index contributed by atoms with van der Waals surface area (Å²) >= 11 is 1.70. The second-order valence-corrected chi connectivity index (χ2v) is 7.30. The van der Waals surface area contributed by atoms with E-state index in [4.69, 9.17) is 0 Å². The Balaban J connectivity index is 1.91. The zero-order valence-corrected chi connectivity index (χ0v) is 10.2.